The maximum Gasteiger partial charge on any atom is 3.00 e. The Labute approximate surface area is 73.9 Å². The molecule has 0 aliphatic carbocycles. The normalized spacial score (nSPS) is 0. The first-order valence-corrected chi connectivity index (χ1v) is 0. The van der Waals surface area contributed by atoms with Crippen LogP contribution in [0, 0.1) is 0 Å². The van der Waals surface area contributed by atoms with E-state index in [2.05, 4.69) is 0 Å². The number of rotatable bonds is 0. The van der Waals surface area contributed by atoms with Crippen LogP contribution in [0.2, 0.25) is 0 Å². The van der Waals surface area contributed by atoms with Gasteiger partial charge in [0.2, 0.25) is 0 Å². The molecule has 0 rings (SSSR count). The van der Waals surface area contributed by atoms with Gasteiger partial charge in [-0.25, -0.2) is 0 Å². The standard InChI is InChI=1S/Bi.4FH.Na/h;4*1H;/q+3;;;;;+1/p-4. The van der Waals surface area contributed by atoms with Crippen LogP contribution < -0.4 is 48.4 Å². The molecule has 0 nitrogen and oxygen atoms in total. The Morgan fingerprint density at radius 2 is 0.500 bits per heavy atom. The molecule has 0 unspecified atom stereocenters. The molecule has 0 aliphatic rings. The van der Waals surface area contributed by atoms with Crippen molar-refractivity contribution in [1.82, 2.24) is 0 Å². The summed E-state index contributed by atoms with van der Waals surface area (Å²) in [5.41, 5.74) is 0. The molecule has 0 heterocycles. The topological polar surface area (TPSA) is 0 Å². The molecule has 34 valence electrons. The van der Waals surface area contributed by atoms with Crippen molar-refractivity contribution in [2.75, 3.05) is 0 Å². The summed E-state index contributed by atoms with van der Waals surface area (Å²) in [6.07, 6.45) is 0. The molecule has 0 saturated carbocycles. The Hall–Kier alpha value is 1.60. The zero-order chi connectivity index (χ0) is 0. The van der Waals surface area contributed by atoms with Gasteiger partial charge in [0.15, 0.2) is 0 Å². The Bertz CT molecular complexity index is 7.51. The molecule has 0 aromatic carbocycles. The van der Waals surface area contributed by atoms with E-state index in [4.69, 9.17) is 0 Å². The molecule has 0 aliphatic heterocycles. The molecule has 0 aromatic rings. The first-order chi connectivity index (χ1) is 0. The molecule has 0 spiro atoms. The second kappa shape index (κ2) is 80.7. The van der Waals surface area contributed by atoms with Crippen LogP contribution in [0.4, 0.5) is 0 Å². The van der Waals surface area contributed by atoms with Gasteiger partial charge in [0.05, 0.1) is 0 Å². The molecule has 0 amide bonds. The predicted molar refractivity (Wildman–Crippen MR) is 5.75 cm³/mol. The van der Waals surface area contributed by atoms with Crippen molar-refractivity contribution >= 4 is 26.2 Å². The van der Waals surface area contributed by atoms with Crippen LogP contribution in [0.1, 0.15) is 0 Å². The Morgan fingerprint density at radius 3 is 0.500 bits per heavy atom. The second-order valence-electron chi connectivity index (χ2n) is 0. The monoisotopic (exact) mass is 308 g/mol. The molecular weight excluding hydrogens is 308 g/mol. The molecular formula is BiF4Na. The summed E-state index contributed by atoms with van der Waals surface area (Å²) in [7, 11) is 0. The van der Waals surface area contributed by atoms with E-state index < -0.39 is 0 Å². The fourth-order valence-corrected chi connectivity index (χ4v) is 0. The summed E-state index contributed by atoms with van der Waals surface area (Å²) in [6.45, 7) is 0. The minimum atomic E-state index is 0. The van der Waals surface area contributed by atoms with Gasteiger partial charge < -0.3 is 18.8 Å². The van der Waals surface area contributed by atoms with Gasteiger partial charge in [-0.3, -0.25) is 0 Å². The van der Waals surface area contributed by atoms with Crippen molar-refractivity contribution in [2.45, 2.75) is 0 Å². The van der Waals surface area contributed by atoms with Crippen LogP contribution in [0.5, 0.6) is 0 Å². The molecule has 0 N–H and O–H groups in total. The summed E-state index contributed by atoms with van der Waals surface area (Å²) < 4.78 is 0. The molecule has 0 saturated heterocycles. The van der Waals surface area contributed by atoms with Gasteiger partial charge in [-0.15, -0.1) is 0 Å². The summed E-state index contributed by atoms with van der Waals surface area (Å²) in [5, 5.41) is 0. The summed E-state index contributed by atoms with van der Waals surface area (Å²) in [4.78, 5) is 0. The minimum Gasteiger partial charge on any atom is -1.00 e. The zero-order valence-corrected chi connectivity index (χ0v) is 8.44. The number of halogens is 4. The zero-order valence-electron chi connectivity index (χ0n) is 2.96. The van der Waals surface area contributed by atoms with Crippen LogP contribution in [0.3, 0.4) is 0 Å². The van der Waals surface area contributed by atoms with Gasteiger partial charge in [0.25, 0.3) is 0 Å². The average molecular weight is 308 g/mol. The van der Waals surface area contributed by atoms with Crippen molar-refractivity contribution in [1.29, 1.82) is 0 Å². The molecule has 6 heavy (non-hydrogen) atoms. The first kappa shape index (κ1) is 129. The summed E-state index contributed by atoms with van der Waals surface area (Å²) in [6, 6.07) is 0. The van der Waals surface area contributed by atoms with Crippen LogP contribution in [0.25, 0.3) is 0 Å². The quantitative estimate of drug-likeness (QED) is 0.308. The van der Waals surface area contributed by atoms with Gasteiger partial charge >= 0.3 is 55.8 Å². The Kier molecular flexibility index (Phi) is 1730. The maximum atomic E-state index is 0. The average Bonchev–Trinajstić information content (AvgIpc) is 0. The van der Waals surface area contributed by atoms with E-state index in [9.17, 15) is 0 Å². The Balaban J connectivity index is 0. The van der Waals surface area contributed by atoms with Crippen LogP contribution >= 0.6 is 0 Å². The van der Waals surface area contributed by atoms with Crippen molar-refractivity contribution in [3.8, 4) is 0 Å². The third-order valence-electron chi connectivity index (χ3n) is 0. The molecule has 6 heteroatoms. The molecule has 0 aromatic heterocycles. The minimum absolute atomic E-state index is 0. The van der Waals surface area contributed by atoms with Gasteiger partial charge in [-0.05, 0) is 0 Å². The van der Waals surface area contributed by atoms with Gasteiger partial charge in [0.1, 0.15) is 0 Å². The second-order valence-corrected chi connectivity index (χ2v) is 0. The fraction of sp³-hybridized carbons (Fsp3) is 0. The van der Waals surface area contributed by atoms with E-state index >= 15 is 0 Å². The van der Waals surface area contributed by atoms with E-state index in [0.29, 0.717) is 0 Å². The SMILES string of the molecule is [Bi+3].[F-].[F-].[F-].[F-].[Na+]. The number of hydrogen-bond acceptors (Lipinski definition) is 0. The van der Waals surface area contributed by atoms with E-state index in [-0.39, 0.29) is 74.6 Å². The Morgan fingerprint density at radius 1 is 0.500 bits per heavy atom. The fourth-order valence-electron chi connectivity index (χ4n) is 0. The van der Waals surface area contributed by atoms with Crippen molar-refractivity contribution < 1.29 is 48.4 Å². The molecule has 0 fully saturated rings. The van der Waals surface area contributed by atoms with E-state index in [1.807, 2.05) is 0 Å². The van der Waals surface area contributed by atoms with Gasteiger partial charge in [-0.2, -0.15) is 0 Å². The van der Waals surface area contributed by atoms with Crippen LogP contribution in [-0.2, 0) is 0 Å². The first-order valence-electron chi connectivity index (χ1n) is 0. The van der Waals surface area contributed by atoms with Crippen molar-refractivity contribution in [2.24, 2.45) is 0 Å². The van der Waals surface area contributed by atoms with Gasteiger partial charge in [-0.1, -0.05) is 0 Å². The van der Waals surface area contributed by atoms with E-state index in [1.54, 1.807) is 0 Å². The van der Waals surface area contributed by atoms with Gasteiger partial charge in [0, 0.05) is 0 Å². The van der Waals surface area contributed by atoms with Crippen LogP contribution in [0.15, 0.2) is 0 Å². The van der Waals surface area contributed by atoms with E-state index in [1.165, 1.54) is 0 Å². The molecule has 0 atom stereocenters. The predicted octanol–water partition coefficient (Wildman–Crippen LogP) is -15.4. The third kappa shape index (κ3) is 46.2. The van der Waals surface area contributed by atoms with Crippen LogP contribution in [-0.4, -0.2) is 26.2 Å². The largest absolute Gasteiger partial charge is 3.00 e. The summed E-state index contributed by atoms with van der Waals surface area (Å²) >= 11 is 0. The molecule has 0 bridgehead atoms. The molecule has 2 radical (unpaired) electrons. The van der Waals surface area contributed by atoms with Crippen molar-refractivity contribution in [3.63, 3.8) is 0 Å². The number of hydrogen-bond donors (Lipinski definition) is 0. The third-order valence-corrected chi connectivity index (χ3v) is 0. The smallest absolute Gasteiger partial charge is 1.00 e. The van der Waals surface area contributed by atoms with Crippen molar-refractivity contribution in [3.05, 3.63) is 0 Å². The maximum absolute atomic E-state index is 0. The summed E-state index contributed by atoms with van der Waals surface area (Å²) in [5.74, 6) is 0. The van der Waals surface area contributed by atoms with E-state index in [0.717, 1.165) is 0 Å².